The van der Waals surface area contributed by atoms with E-state index < -0.39 is 0 Å². The van der Waals surface area contributed by atoms with Gasteiger partial charge in [0.2, 0.25) is 5.89 Å². The van der Waals surface area contributed by atoms with Crippen LogP contribution in [0.5, 0.6) is 0 Å². The van der Waals surface area contributed by atoms with Crippen LogP contribution in [0.3, 0.4) is 0 Å². The number of nitrogens with two attached hydrogens (primary N) is 1. The van der Waals surface area contributed by atoms with Crippen molar-refractivity contribution in [2.45, 2.75) is 42.1 Å². The molecule has 1 aliphatic heterocycles. The summed E-state index contributed by atoms with van der Waals surface area (Å²) in [6.45, 7) is 8.18. The summed E-state index contributed by atoms with van der Waals surface area (Å²) in [7, 11) is 0. The highest BCUT2D eigenvalue weighted by atomic mass is 32.2. The lowest BCUT2D eigenvalue weighted by Gasteiger charge is -2.29. The van der Waals surface area contributed by atoms with Crippen LogP contribution in [0.1, 0.15) is 43.3 Å². The Bertz CT molecular complexity index is 410. The van der Waals surface area contributed by atoms with Crippen molar-refractivity contribution in [1.82, 2.24) is 10.1 Å². The fourth-order valence-electron chi connectivity index (χ4n) is 1.73. The second kappa shape index (κ2) is 6.12. The maximum atomic E-state index is 5.92. The minimum absolute atomic E-state index is 0.235. The van der Waals surface area contributed by atoms with Crippen molar-refractivity contribution < 1.29 is 4.52 Å². The quantitative estimate of drug-likeness (QED) is 0.858. The molecule has 100 valence electrons. The van der Waals surface area contributed by atoms with E-state index in [-0.39, 0.29) is 6.04 Å². The lowest BCUT2D eigenvalue weighted by atomic mass is 10.2. The molecule has 0 bridgehead atoms. The summed E-state index contributed by atoms with van der Waals surface area (Å²) in [5.74, 6) is 2.33. The first kappa shape index (κ1) is 14.0. The molecule has 1 aromatic heterocycles. The number of hydrogen-bond acceptors (Lipinski definition) is 6. The van der Waals surface area contributed by atoms with Crippen molar-refractivity contribution in [2.24, 2.45) is 5.73 Å². The van der Waals surface area contributed by atoms with E-state index in [1.54, 1.807) is 6.08 Å². The normalized spacial score (nSPS) is 30.1. The lowest BCUT2D eigenvalue weighted by Crippen LogP contribution is -2.22. The van der Waals surface area contributed by atoms with E-state index in [1.165, 1.54) is 0 Å². The van der Waals surface area contributed by atoms with Gasteiger partial charge in [0.25, 0.3) is 0 Å². The zero-order valence-electron chi connectivity index (χ0n) is 10.7. The Labute approximate surface area is 116 Å². The Morgan fingerprint density at radius 3 is 3.00 bits per heavy atom. The smallest absolute Gasteiger partial charge is 0.243 e. The first-order valence-electron chi connectivity index (χ1n) is 6.09. The molecule has 0 radical (unpaired) electrons. The summed E-state index contributed by atoms with van der Waals surface area (Å²) in [6, 6.07) is -0.235. The summed E-state index contributed by atoms with van der Waals surface area (Å²) in [5, 5.41) is 5.67. The molecule has 4 nitrogen and oxygen atoms in total. The molecular weight excluding hydrogens is 266 g/mol. The van der Waals surface area contributed by atoms with Crippen LogP contribution in [0.4, 0.5) is 0 Å². The average Bonchev–Trinajstić information content (AvgIpc) is 2.82. The van der Waals surface area contributed by atoms with Gasteiger partial charge in [0.15, 0.2) is 5.82 Å². The number of aromatic nitrogens is 2. The highest BCUT2D eigenvalue weighted by Gasteiger charge is 2.30. The van der Waals surface area contributed by atoms with E-state index in [0.717, 1.165) is 11.6 Å². The molecule has 0 aliphatic carbocycles. The molecule has 0 aromatic carbocycles. The monoisotopic (exact) mass is 285 g/mol. The molecule has 2 heterocycles. The Morgan fingerprint density at radius 1 is 1.56 bits per heavy atom. The third-order valence-corrected chi connectivity index (χ3v) is 6.42. The van der Waals surface area contributed by atoms with Crippen LogP contribution < -0.4 is 5.73 Å². The van der Waals surface area contributed by atoms with Crippen LogP contribution in [-0.4, -0.2) is 26.4 Å². The SMILES string of the molecule is C=CCC(N)c1nc(C2CSC(C)C(C)S2)no1. The second-order valence-electron chi connectivity index (χ2n) is 4.49. The second-order valence-corrected chi connectivity index (χ2v) is 7.48. The summed E-state index contributed by atoms with van der Waals surface area (Å²) in [4.78, 5) is 4.43. The van der Waals surface area contributed by atoms with Crippen molar-refractivity contribution in [3.63, 3.8) is 0 Å². The molecule has 6 heteroatoms. The van der Waals surface area contributed by atoms with E-state index in [4.69, 9.17) is 10.3 Å². The van der Waals surface area contributed by atoms with Gasteiger partial charge in [-0.2, -0.15) is 16.7 Å². The van der Waals surface area contributed by atoms with Gasteiger partial charge in [-0.1, -0.05) is 25.1 Å². The van der Waals surface area contributed by atoms with Crippen LogP contribution in [0.2, 0.25) is 0 Å². The first-order valence-corrected chi connectivity index (χ1v) is 8.08. The van der Waals surface area contributed by atoms with Crippen LogP contribution in [-0.2, 0) is 0 Å². The standard InChI is InChI=1S/C12H19N3OS2/c1-4-5-9(13)12-14-11(15-16-12)10-6-17-7(2)8(3)18-10/h4,7-10H,1,5-6,13H2,2-3H3. The van der Waals surface area contributed by atoms with Gasteiger partial charge in [-0.3, -0.25) is 0 Å². The Morgan fingerprint density at radius 2 is 2.33 bits per heavy atom. The molecule has 4 atom stereocenters. The van der Waals surface area contributed by atoms with Gasteiger partial charge >= 0.3 is 0 Å². The summed E-state index contributed by atoms with van der Waals surface area (Å²) < 4.78 is 5.24. The minimum Gasteiger partial charge on any atom is -0.338 e. The summed E-state index contributed by atoms with van der Waals surface area (Å²) in [5.41, 5.74) is 5.92. The first-order chi connectivity index (χ1) is 8.61. The third kappa shape index (κ3) is 3.10. The van der Waals surface area contributed by atoms with Gasteiger partial charge in [0.05, 0.1) is 11.3 Å². The molecule has 1 aliphatic rings. The lowest BCUT2D eigenvalue weighted by molar-refractivity contribution is 0.351. The summed E-state index contributed by atoms with van der Waals surface area (Å²) >= 11 is 3.89. The number of nitrogens with zero attached hydrogens (tertiary/aromatic N) is 2. The Balaban J connectivity index is 2.03. The molecule has 1 fully saturated rings. The van der Waals surface area contributed by atoms with Gasteiger partial charge in [0, 0.05) is 16.3 Å². The fraction of sp³-hybridized carbons (Fsp3) is 0.667. The fourth-order valence-corrected chi connectivity index (χ4v) is 4.56. The molecular formula is C12H19N3OS2. The molecule has 18 heavy (non-hydrogen) atoms. The number of rotatable bonds is 4. The predicted molar refractivity (Wildman–Crippen MR) is 77.8 cm³/mol. The maximum Gasteiger partial charge on any atom is 0.243 e. The van der Waals surface area contributed by atoms with E-state index in [0.29, 0.717) is 28.1 Å². The zero-order chi connectivity index (χ0) is 13.1. The number of hydrogen-bond donors (Lipinski definition) is 1. The number of thioether (sulfide) groups is 2. The average molecular weight is 285 g/mol. The highest BCUT2D eigenvalue weighted by Crippen LogP contribution is 2.43. The van der Waals surface area contributed by atoms with Gasteiger partial charge < -0.3 is 10.3 Å². The minimum atomic E-state index is -0.235. The maximum absolute atomic E-state index is 5.92. The molecule has 1 aromatic rings. The van der Waals surface area contributed by atoms with Crippen LogP contribution in [0, 0.1) is 0 Å². The Hall–Kier alpha value is -0.460. The van der Waals surface area contributed by atoms with Crippen LogP contribution in [0.25, 0.3) is 0 Å². The van der Waals surface area contributed by atoms with E-state index in [2.05, 4.69) is 30.6 Å². The van der Waals surface area contributed by atoms with Crippen molar-refractivity contribution in [2.75, 3.05) is 5.75 Å². The molecule has 2 N–H and O–H groups in total. The van der Waals surface area contributed by atoms with Crippen molar-refractivity contribution in [1.29, 1.82) is 0 Å². The molecule has 0 spiro atoms. The van der Waals surface area contributed by atoms with Crippen LogP contribution >= 0.6 is 23.5 Å². The zero-order valence-corrected chi connectivity index (χ0v) is 12.3. The van der Waals surface area contributed by atoms with Crippen LogP contribution in [0.15, 0.2) is 17.2 Å². The molecule has 1 saturated heterocycles. The van der Waals surface area contributed by atoms with Crippen molar-refractivity contribution in [3.05, 3.63) is 24.4 Å². The van der Waals surface area contributed by atoms with E-state index in [9.17, 15) is 0 Å². The molecule has 0 saturated carbocycles. The topological polar surface area (TPSA) is 64.9 Å². The molecule has 2 rings (SSSR count). The van der Waals surface area contributed by atoms with Gasteiger partial charge in [-0.25, -0.2) is 0 Å². The van der Waals surface area contributed by atoms with Gasteiger partial charge in [-0.05, 0) is 6.42 Å². The highest BCUT2D eigenvalue weighted by molar-refractivity contribution is 8.07. The molecule has 0 amide bonds. The van der Waals surface area contributed by atoms with E-state index >= 15 is 0 Å². The Kier molecular flexibility index (Phi) is 4.75. The van der Waals surface area contributed by atoms with Crippen molar-refractivity contribution in [3.8, 4) is 0 Å². The molecule has 4 unspecified atom stereocenters. The van der Waals surface area contributed by atoms with E-state index in [1.807, 2.05) is 23.5 Å². The predicted octanol–water partition coefficient (Wildman–Crippen LogP) is 2.94. The van der Waals surface area contributed by atoms with Gasteiger partial charge in [-0.15, -0.1) is 18.3 Å². The third-order valence-electron chi connectivity index (χ3n) is 3.03. The summed E-state index contributed by atoms with van der Waals surface area (Å²) in [6.07, 6.45) is 2.42. The largest absolute Gasteiger partial charge is 0.338 e. The van der Waals surface area contributed by atoms with Gasteiger partial charge in [0.1, 0.15) is 0 Å². The van der Waals surface area contributed by atoms with Crippen molar-refractivity contribution >= 4 is 23.5 Å².